The van der Waals surface area contributed by atoms with Gasteiger partial charge in [0, 0.05) is 32.1 Å². The topological polar surface area (TPSA) is 57.7 Å². The van der Waals surface area contributed by atoms with Crippen LogP contribution in [0.1, 0.15) is 64.4 Å². The number of hydrogen-bond donors (Lipinski definition) is 0. The summed E-state index contributed by atoms with van der Waals surface area (Å²) in [4.78, 5) is 15.2. The molecule has 1 unspecified atom stereocenters. The fourth-order valence-electron chi connectivity index (χ4n) is 4.44. The minimum Gasteiger partial charge on any atom is -0.339 e. The summed E-state index contributed by atoms with van der Waals surface area (Å²) in [5.41, 5.74) is 1.02. The van der Waals surface area contributed by atoms with Crippen LogP contribution in [0.2, 0.25) is 0 Å². The van der Waals surface area contributed by atoms with Gasteiger partial charge in [-0.1, -0.05) is 32.4 Å². The quantitative estimate of drug-likeness (QED) is 0.721. The second kappa shape index (κ2) is 9.40. The number of amides is 1. The van der Waals surface area contributed by atoms with Crippen LogP contribution in [0, 0.1) is 5.92 Å². The van der Waals surface area contributed by atoms with E-state index in [0.717, 1.165) is 44.2 Å². The van der Waals surface area contributed by atoms with Crippen molar-refractivity contribution in [3.63, 3.8) is 0 Å². The first kappa shape index (κ1) is 21.3. The van der Waals surface area contributed by atoms with Gasteiger partial charge in [-0.25, -0.2) is 8.42 Å². The smallest absolute Gasteiger partial charge is 0.243 e. The summed E-state index contributed by atoms with van der Waals surface area (Å²) in [7, 11) is -3.39. The van der Waals surface area contributed by atoms with Gasteiger partial charge < -0.3 is 4.90 Å². The molecule has 2 aliphatic rings. The molecule has 1 aromatic rings. The van der Waals surface area contributed by atoms with Crippen LogP contribution in [0.4, 0.5) is 0 Å². The summed E-state index contributed by atoms with van der Waals surface area (Å²) in [6, 6.07) is 7.47. The van der Waals surface area contributed by atoms with Gasteiger partial charge in [0.25, 0.3) is 0 Å². The zero-order chi connectivity index (χ0) is 20.1. The van der Waals surface area contributed by atoms with E-state index in [4.69, 9.17) is 0 Å². The van der Waals surface area contributed by atoms with Crippen molar-refractivity contribution < 1.29 is 13.2 Å². The Kier molecular flexibility index (Phi) is 7.15. The van der Waals surface area contributed by atoms with Crippen LogP contribution >= 0.6 is 0 Å². The molecular weight excluding hydrogens is 372 g/mol. The molecule has 0 bridgehead atoms. The Morgan fingerprint density at radius 3 is 2.29 bits per heavy atom. The lowest BCUT2D eigenvalue weighted by Crippen LogP contribution is -2.46. The van der Waals surface area contributed by atoms with Gasteiger partial charge in [-0.15, -0.1) is 0 Å². The van der Waals surface area contributed by atoms with E-state index in [0.29, 0.717) is 42.8 Å². The monoisotopic (exact) mass is 406 g/mol. The average Bonchev–Trinajstić information content (AvgIpc) is 2.73. The SMILES string of the molecule is CC(C)C1CCCCN1C(=O)CCc1ccc(S(=O)(=O)N2CCCCC2)cc1. The maximum atomic E-state index is 12.7. The molecule has 0 spiro atoms. The van der Waals surface area contributed by atoms with Gasteiger partial charge in [-0.3, -0.25) is 4.79 Å². The van der Waals surface area contributed by atoms with Crippen molar-refractivity contribution in [2.75, 3.05) is 19.6 Å². The minimum absolute atomic E-state index is 0.225. The average molecular weight is 407 g/mol. The zero-order valence-electron chi connectivity index (χ0n) is 17.3. The summed E-state index contributed by atoms with van der Waals surface area (Å²) in [5, 5.41) is 0. The molecule has 0 saturated carbocycles. The summed E-state index contributed by atoms with van der Waals surface area (Å²) in [6.45, 7) is 6.49. The van der Waals surface area contributed by atoms with E-state index < -0.39 is 10.0 Å². The standard InChI is InChI=1S/C22H34N2O3S/c1-18(2)21-8-4-7-17-24(21)22(25)14-11-19-9-12-20(13-10-19)28(26,27)23-15-5-3-6-16-23/h9-10,12-13,18,21H,3-8,11,14-17H2,1-2H3. The van der Waals surface area contributed by atoms with Crippen LogP contribution in [0.15, 0.2) is 29.2 Å². The number of sulfonamides is 1. The first-order chi connectivity index (χ1) is 13.4. The highest BCUT2D eigenvalue weighted by Crippen LogP contribution is 2.25. The van der Waals surface area contributed by atoms with E-state index in [1.165, 1.54) is 6.42 Å². The summed E-state index contributed by atoms with van der Waals surface area (Å²) >= 11 is 0. The Balaban J connectivity index is 1.59. The Bertz CT molecular complexity index is 752. The number of carbonyl (C=O) groups excluding carboxylic acids is 1. The molecule has 6 heteroatoms. The predicted molar refractivity (Wildman–Crippen MR) is 112 cm³/mol. The van der Waals surface area contributed by atoms with Crippen LogP contribution in [0.25, 0.3) is 0 Å². The van der Waals surface area contributed by atoms with Gasteiger partial charge in [0.15, 0.2) is 0 Å². The fourth-order valence-corrected chi connectivity index (χ4v) is 5.95. The molecule has 156 valence electrons. The summed E-state index contributed by atoms with van der Waals surface area (Å²) < 4.78 is 27.1. The molecule has 5 nitrogen and oxygen atoms in total. The molecule has 1 amide bonds. The number of carbonyl (C=O) groups is 1. The van der Waals surface area contributed by atoms with Crippen molar-refractivity contribution in [2.45, 2.75) is 76.2 Å². The lowest BCUT2D eigenvalue weighted by atomic mass is 9.92. The number of rotatable bonds is 6. The van der Waals surface area contributed by atoms with Crippen LogP contribution in [0.5, 0.6) is 0 Å². The van der Waals surface area contributed by atoms with Crippen molar-refractivity contribution in [1.29, 1.82) is 0 Å². The van der Waals surface area contributed by atoms with Crippen LogP contribution in [0.3, 0.4) is 0 Å². The molecule has 0 N–H and O–H groups in total. The van der Waals surface area contributed by atoms with Gasteiger partial charge >= 0.3 is 0 Å². The van der Waals surface area contributed by atoms with Crippen LogP contribution < -0.4 is 0 Å². The molecule has 1 aromatic carbocycles. The first-order valence-electron chi connectivity index (χ1n) is 10.8. The Morgan fingerprint density at radius 1 is 1.00 bits per heavy atom. The molecule has 1 atom stereocenters. The summed E-state index contributed by atoms with van der Waals surface area (Å²) in [6.07, 6.45) is 7.53. The second-order valence-electron chi connectivity index (χ2n) is 8.50. The molecule has 28 heavy (non-hydrogen) atoms. The summed E-state index contributed by atoms with van der Waals surface area (Å²) in [5.74, 6) is 0.715. The van der Waals surface area contributed by atoms with E-state index >= 15 is 0 Å². The van der Waals surface area contributed by atoms with Crippen LogP contribution in [-0.2, 0) is 21.2 Å². The second-order valence-corrected chi connectivity index (χ2v) is 10.4. The first-order valence-corrected chi connectivity index (χ1v) is 12.2. The largest absolute Gasteiger partial charge is 0.339 e. The van der Waals surface area contributed by atoms with E-state index in [9.17, 15) is 13.2 Å². The third-order valence-electron chi connectivity index (χ3n) is 6.14. The van der Waals surface area contributed by atoms with Crippen molar-refractivity contribution in [1.82, 2.24) is 9.21 Å². The third-order valence-corrected chi connectivity index (χ3v) is 8.06. The highest BCUT2D eigenvalue weighted by molar-refractivity contribution is 7.89. The molecule has 0 radical (unpaired) electrons. The Morgan fingerprint density at radius 2 is 1.64 bits per heavy atom. The Labute approximate surface area is 170 Å². The third kappa shape index (κ3) is 4.95. The van der Waals surface area contributed by atoms with E-state index in [1.54, 1.807) is 16.4 Å². The number of hydrogen-bond acceptors (Lipinski definition) is 3. The number of likely N-dealkylation sites (tertiary alicyclic amines) is 1. The van der Waals surface area contributed by atoms with Gasteiger partial charge in [0.1, 0.15) is 0 Å². The Hall–Kier alpha value is -1.40. The van der Waals surface area contributed by atoms with Gasteiger partial charge in [-0.2, -0.15) is 4.31 Å². The molecular formula is C22H34N2O3S. The van der Waals surface area contributed by atoms with E-state index in [-0.39, 0.29) is 5.91 Å². The normalized spacial score (nSPS) is 21.8. The lowest BCUT2D eigenvalue weighted by Gasteiger charge is -2.38. The van der Waals surface area contributed by atoms with Crippen LogP contribution in [-0.4, -0.2) is 49.2 Å². The number of benzene rings is 1. The zero-order valence-corrected chi connectivity index (χ0v) is 18.1. The molecule has 0 aromatic heterocycles. The van der Waals surface area contributed by atoms with Gasteiger partial charge in [0.2, 0.25) is 15.9 Å². The van der Waals surface area contributed by atoms with E-state index in [2.05, 4.69) is 18.7 Å². The lowest BCUT2D eigenvalue weighted by molar-refractivity contribution is -0.135. The highest BCUT2D eigenvalue weighted by atomic mass is 32.2. The maximum absolute atomic E-state index is 12.7. The molecule has 2 fully saturated rings. The molecule has 2 aliphatic heterocycles. The molecule has 2 saturated heterocycles. The van der Waals surface area contributed by atoms with Crippen molar-refractivity contribution >= 4 is 15.9 Å². The van der Waals surface area contributed by atoms with Gasteiger partial charge in [0.05, 0.1) is 4.90 Å². The molecule has 0 aliphatic carbocycles. The minimum atomic E-state index is -3.39. The maximum Gasteiger partial charge on any atom is 0.243 e. The van der Waals surface area contributed by atoms with Crippen molar-refractivity contribution in [3.8, 4) is 0 Å². The highest BCUT2D eigenvalue weighted by Gasteiger charge is 2.29. The van der Waals surface area contributed by atoms with Crippen molar-refractivity contribution in [2.24, 2.45) is 5.92 Å². The van der Waals surface area contributed by atoms with Gasteiger partial charge in [-0.05, 0) is 62.1 Å². The predicted octanol–water partition coefficient (Wildman–Crippen LogP) is 3.83. The molecule has 3 rings (SSSR count). The van der Waals surface area contributed by atoms with Crippen molar-refractivity contribution in [3.05, 3.63) is 29.8 Å². The number of aryl methyl sites for hydroxylation is 1. The fraction of sp³-hybridized carbons (Fsp3) is 0.682. The number of nitrogens with zero attached hydrogens (tertiary/aromatic N) is 2. The van der Waals surface area contributed by atoms with E-state index in [1.807, 2.05) is 12.1 Å². The number of piperidine rings is 2. The molecule has 2 heterocycles.